The number of rotatable bonds is 3. The molecule has 0 spiro atoms. The summed E-state index contributed by atoms with van der Waals surface area (Å²) in [6, 6.07) is 3.41. The first-order chi connectivity index (χ1) is 7.65. The molecule has 84 valence electrons. The van der Waals surface area contributed by atoms with Crippen LogP contribution in [0.15, 0.2) is 28.0 Å². The lowest BCUT2D eigenvalue weighted by molar-refractivity contribution is 0.454. The minimum Gasteiger partial charge on any atom is -0.440 e. The van der Waals surface area contributed by atoms with Gasteiger partial charge in [0.25, 0.3) is 5.22 Å². The van der Waals surface area contributed by atoms with Crippen molar-refractivity contribution in [3.05, 3.63) is 34.8 Å². The van der Waals surface area contributed by atoms with Crippen molar-refractivity contribution < 1.29 is 4.42 Å². The van der Waals surface area contributed by atoms with Gasteiger partial charge in [-0.1, -0.05) is 23.4 Å². The molecule has 0 aliphatic rings. The number of hydrogen-bond donors (Lipinski definition) is 1. The fourth-order valence-corrected chi connectivity index (χ4v) is 2.19. The molecule has 16 heavy (non-hydrogen) atoms. The fraction of sp³-hybridized carbons (Fsp3) is 0.200. The Balaban J connectivity index is 2.07. The molecule has 2 rings (SSSR count). The van der Waals surface area contributed by atoms with Gasteiger partial charge < -0.3 is 10.2 Å². The summed E-state index contributed by atoms with van der Waals surface area (Å²) in [5.74, 6) is 1.05. The second kappa shape index (κ2) is 4.76. The molecule has 0 aliphatic heterocycles. The second-order valence-corrected chi connectivity index (χ2v) is 4.54. The molecule has 0 saturated heterocycles. The molecular formula is C10H10ClN3OS. The quantitative estimate of drug-likeness (QED) is 0.855. The zero-order valence-corrected chi connectivity index (χ0v) is 10.2. The molecule has 0 fully saturated rings. The van der Waals surface area contributed by atoms with Crippen molar-refractivity contribution in [2.75, 3.05) is 5.73 Å². The van der Waals surface area contributed by atoms with E-state index in [4.69, 9.17) is 21.8 Å². The van der Waals surface area contributed by atoms with Crippen molar-refractivity contribution in [2.24, 2.45) is 0 Å². The Kier molecular flexibility index (Phi) is 3.36. The third-order valence-electron chi connectivity index (χ3n) is 1.87. The van der Waals surface area contributed by atoms with Crippen LogP contribution in [0.4, 0.5) is 5.82 Å². The van der Waals surface area contributed by atoms with Crippen LogP contribution in [0.3, 0.4) is 0 Å². The number of anilines is 1. The van der Waals surface area contributed by atoms with E-state index in [2.05, 4.69) is 9.97 Å². The standard InChI is InChI=1S/C10H10ClN3OS/c1-6-4-15-10(13-6)16-5-8-7(11)2-3-9(12)14-8/h2-4H,5H2,1H3,(H2,12,14). The molecule has 6 heteroatoms. The lowest BCUT2D eigenvalue weighted by Crippen LogP contribution is -1.95. The normalized spacial score (nSPS) is 10.6. The van der Waals surface area contributed by atoms with E-state index in [1.165, 1.54) is 11.8 Å². The first-order valence-electron chi connectivity index (χ1n) is 4.61. The van der Waals surface area contributed by atoms with Crippen molar-refractivity contribution in [1.82, 2.24) is 9.97 Å². The molecule has 0 atom stereocenters. The highest BCUT2D eigenvalue weighted by Crippen LogP contribution is 2.25. The maximum Gasteiger partial charge on any atom is 0.256 e. The van der Waals surface area contributed by atoms with Crippen LogP contribution in [0.25, 0.3) is 0 Å². The summed E-state index contributed by atoms with van der Waals surface area (Å²) < 4.78 is 5.21. The van der Waals surface area contributed by atoms with E-state index in [0.29, 0.717) is 21.8 Å². The fourth-order valence-electron chi connectivity index (χ4n) is 1.13. The van der Waals surface area contributed by atoms with Gasteiger partial charge in [0.15, 0.2) is 0 Å². The van der Waals surface area contributed by atoms with E-state index < -0.39 is 0 Å². The molecule has 0 aliphatic carbocycles. The highest BCUT2D eigenvalue weighted by molar-refractivity contribution is 7.98. The smallest absolute Gasteiger partial charge is 0.256 e. The third kappa shape index (κ3) is 2.68. The van der Waals surface area contributed by atoms with Crippen LogP contribution in [-0.2, 0) is 5.75 Å². The lowest BCUT2D eigenvalue weighted by Gasteiger charge is -2.02. The number of nitrogens with zero attached hydrogens (tertiary/aromatic N) is 2. The monoisotopic (exact) mass is 255 g/mol. The molecule has 4 nitrogen and oxygen atoms in total. The van der Waals surface area contributed by atoms with Gasteiger partial charge in [-0.05, 0) is 19.1 Å². The van der Waals surface area contributed by atoms with E-state index >= 15 is 0 Å². The van der Waals surface area contributed by atoms with Crippen molar-refractivity contribution >= 4 is 29.2 Å². The number of halogens is 1. The number of nitrogens with two attached hydrogens (primary N) is 1. The van der Waals surface area contributed by atoms with Crippen molar-refractivity contribution in [3.63, 3.8) is 0 Å². The maximum absolute atomic E-state index is 5.99. The summed E-state index contributed by atoms with van der Waals surface area (Å²) in [5, 5.41) is 1.21. The lowest BCUT2D eigenvalue weighted by atomic mass is 10.4. The van der Waals surface area contributed by atoms with Gasteiger partial charge in [-0.15, -0.1) is 0 Å². The third-order valence-corrected chi connectivity index (χ3v) is 3.07. The molecule has 0 saturated carbocycles. The molecular weight excluding hydrogens is 246 g/mol. The Morgan fingerprint density at radius 3 is 2.94 bits per heavy atom. The second-order valence-electron chi connectivity index (χ2n) is 3.21. The number of oxazole rings is 1. The van der Waals surface area contributed by atoms with Gasteiger partial charge in [-0.25, -0.2) is 9.97 Å². The summed E-state index contributed by atoms with van der Waals surface area (Å²) in [7, 11) is 0. The Hall–Kier alpha value is -1.20. The van der Waals surface area contributed by atoms with E-state index in [9.17, 15) is 0 Å². The number of thioether (sulfide) groups is 1. The molecule has 2 heterocycles. The number of aryl methyl sites for hydroxylation is 1. The number of pyridine rings is 1. The van der Waals surface area contributed by atoms with Crippen LogP contribution in [0.1, 0.15) is 11.4 Å². The van der Waals surface area contributed by atoms with Gasteiger partial charge in [0.05, 0.1) is 16.4 Å². The average molecular weight is 256 g/mol. The predicted octanol–water partition coefficient (Wildman–Crippen LogP) is 2.91. The zero-order valence-electron chi connectivity index (χ0n) is 8.61. The van der Waals surface area contributed by atoms with Crippen LogP contribution in [0.2, 0.25) is 5.02 Å². The Morgan fingerprint density at radius 2 is 2.25 bits per heavy atom. The first kappa shape index (κ1) is 11.3. The van der Waals surface area contributed by atoms with Gasteiger partial charge in [0, 0.05) is 5.75 Å². The molecule has 0 aromatic carbocycles. The van der Waals surface area contributed by atoms with E-state index in [-0.39, 0.29) is 0 Å². The minimum absolute atomic E-state index is 0.462. The number of aromatic nitrogens is 2. The average Bonchev–Trinajstić information content (AvgIpc) is 2.66. The Morgan fingerprint density at radius 1 is 1.44 bits per heavy atom. The Labute approximate surface area is 102 Å². The summed E-state index contributed by atoms with van der Waals surface area (Å²) in [6.45, 7) is 1.87. The summed E-state index contributed by atoms with van der Waals surface area (Å²) in [6.07, 6.45) is 1.61. The van der Waals surface area contributed by atoms with E-state index in [1.807, 2.05) is 6.92 Å². The van der Waals surface area contributed by atoms with Gasteiger partial charge in [0.1, 0.15) is 12.1 Å². The maximum atomic E-state index is 5.99. The summed E-state index contributed by atoms with van der Waals surface area (Å²) >= 11 is 7.42. The summed E-state index contributed by atoms with van der Waals surface area (Å²) in [5.41, 5.74) is 7.18. The van der Waals surface area contributed by atoms with Crippen molar-refractivity contribution in [2.45, 2.75) is 17.9 Å². The molecule has 0 amide bonds. The zero-order chi connectivity index (χ0) is 11.5. The van der Waals surface area contributed by atoms with Gasteiger partial charge >= 0.3 is 0 Å². The largest absolute Gasteiger partial charge is 0.440 e. The van der Waals surface area contributed by atoms with Gasteiger partial charge in [-0.2, -0.15) is 0 Å². The van der Waals surface area contributed by atoms with Crippen LogP contribution < -0.4 is 5.73 Å². The molecule has 0 unspecified atom stereocenters. The van der Waals surface area contributed by atoms with Crippen LogP contribution >= 0.6 is 23.4 Å². The van der Waals surface area contributed by atoms with Crippen LogP contribution in [-0.4, -0.2) is 9.97 Å². The van der Waals surface area contributed by atoms with Crippen LogP contribution in [0.5, 0.6) is 0 Å². The number of nitrogen functional groups attached to an aromatic ring is 1. The highest BCUT2D eigenvalue weighted by atomic mass is 35.5. The first-order valence-corrected chi connectivity index (χ1v) is 5.97. The molecule has 2 aromatic rings. The van der Waals surface area contributed by atoms with Gasteiger partial charge in [0.2, 0.25) is 0 Å². The minimum atomic E-state index is 0.462. The van der Waals surface area contributed by atoms with Crippen LogP contribution in [0, 0.1) is 6.92 Å². The molecule has 2 aromatic heterocycles. The molecule has 0 radical (unpaired) electrons. The van der Waals surface area contributed by atoms with E-state index in [0.717, 1.165) is 11.4 Å². The Bertz CT molecular complexity index is 501. The number of hydrogen-bond acceptors (Lipinski definition) is 5. The molecule has 2 N–H and O–H groups in total. The SMILES string of the molecule is Cc1coc(SCc2nc(N)ccc2Cl)n1. The molecule has 0 bridgehead atoms. The van der Waals surface area contributed by atoms with Gasteiger partial charge in [-0.3, -0.25) is 0 Å². The van der Waals surface area contributed by atoms with Crippen molar-refractivity contribution in [3.8, 4) is 0 Å². The van der Waals surface area contributed by atoms with Crippen molar-refractivity contribution in [1.29, 1.82) is 0 Å². The topological polar surface area (TPSA) is 64.9 Å². The van der Waals surface area contributed by atoms with E-state index in [1.54, 1.807) is 18.4 Å². The predicted molar refractivity (Wildman–Crippen MR) is 64.5 cm³/mol. The summed E-state index contributed by atoms with van der Waals surface area (Å²) in [4.78, 5) is 8.32. The highest BCUT2D eigenvalue weighted by Gasteiger charge is 2.06.